The second-order valence-electron chi connectivity index (χ2n) is 4.53. The SMILES string of the molecule is CC(C)Oc1ccc(-c2cc(C(=O)O)nn2C)cc1. The quantitative estimate of drug-likeness (QED) is 0.917. The average Bonchev–Trinajstić information content (AvgIpc) is 2.72. The topological polar surface area (TPSA) is 64.3 Å². The van der Waals surface area contributed by atoms with Gasteiger partial charge in [0.05, 0.1) is 11.8 Å². The molecule has 0 amide bonds. The van der Waals surface area contributed by atoms with Crippen LogP contribution in [0.25, 0.3) is 11.3 Å². The van der Waals surface area contributed by atoms with Crippen molar-refractivity contribution in [2.45, 2.75) is 20.0 Å². The molecule has 0 aliphatic heterocycles. The molecule has 1 aromatic carbocycles. The average molecular weight is 260 g/mol. The summed E-state index contributed by atoms with van der Waals surface area (Å²) in [6.45, 7) is 3.93. The molecule has 2 rings (SSSR count). The minimum Gasteiger partial charge on any atom is -0.491 e. The number of hydrogen-bond donors (Lipinski definition) is 1. The Morgan fingerprint density at radius 2 is 1.95 bits per heavy atom. The van der Waals surface area contributed by atoms with E-state index in [4.69, 9.17) is 9.84 Å². The van der Waals surface area contributed by atoms with Gasteiger partial charge in [-0.15, -0.1) is 0 Å². The van der Waals surface area contributed by atoms with Gasteiger partial charge in [-0.05, 0) is 44.2 Å². The van der Waals surface area contributed by atoms with Gasteiger partial charge in [0.2, 0.25) is 0 Å². The van der Waals surface area contributed by atoms with Gasteiger partial charge in [-0.2, -0.15) is 5.10 Å². The van der Waals surface area contributed by atoms with E-state index in [1.54, 1.807) is 17.8 Å². The fourth-order valence-corrected chi connectivity index (χ4v) is 1.82. The molecule has 0 spiro atoms. The maximum absolute atomic E-state index is 10.9. The summed E-state index contributed by atoms with van der Waals surface area (Å²) in [4.78, 5) is 10.9. The van der Waals surface area contributed by atoms with Crippen LogP contribution in [-0.2, 0) is 7.05 Å². The van der Waals surface area contributed by atoms with E-state index in [9.17, 15) is 4.79 Å². The predicted octanol–water partition coefficient (Wildman–Crippen LogP) is 2.57. The lowest BCUT2D eigenvalue weighted by Crippen LogP contribution is -2.05. The van der Waals surface area contributed by atoms with Crippen LogP contribution >= 0.6 is 0 Å². The Morgan fingerprint density at radius 1 is 1.32 bits per heavy atom. The molecule has 0 bridgehead atoms. The van der Waals surface area contributed by atoms with Crippen LogP contribution in [0.4, 0.5) is 0 Å². The third kappa shape index (κ3) is 2.93. The van der Waals surface area contributed by atoms with E-state index in [0.29, 0.717) is 0 Å². The Hall–Kier alpha value is -2.30. The number of carbonyl (C=O) groups is 1. The minimum atomic E-state index is -1.03. The molecule has 0 fully saturated rings. The number of carboxylic acids is 1. The predicted molar refractivity (Wildman–Crippen MR) is 71.4 cm³/mol. The van der Waals surface area contributed by atoms with E-state index in [0.717, 1.165) is 17.0 Å². The number of rotatable bonds is 4. The van der Waals surface area contributed by atoms with Gasteiger partial charge in [0.25, 0.3) is 0 Å². The lowest BCUT2D eigenvalue weighted by molar-refractivity contribution is 0.0689. The van der Waals surface area contributed by atoms with Crippen LogP contribution in [0.3, 0.4) is 0 Å². The third-order valence-corrected chi connectivity index (χ3v) is 2.62. The first kappa shape index (κ1) is 13.1. The number of aryl methyl sites for hydroxylation is 1. The number of aromatic carboxylic acids is 1. The summed E-state index contributed by atoms with van der Waals surface area (Å²) >= 11 is 0. The first-order valence-corrected chi connectivity index (χ1v) is 6.02. The number of benzene rings is 1. The Kier molecular flexibility index (Phi) is 3.55. The summed E-state index contributed by atoms with van der Waals surface area (Å²) in [6.07, 6.45) is 0.126. The van der Waals surface area contributed by atoms with Gasteiger partial charge in [0, 0.05) is 12.6 Å². The van der Waals surface area contributed by atoms with E-state index in [1.807, 2.05) is 38.1 Å². The fraction of sp³-hybridized carbons (Fsp3) is 0.286. The standard InChI is InChI=1S/C14H16N2O3/c1-9(2)19-11-6-4-10(5-7-11)13-8-12(14(17)18)15-16(13)3/h4-9H,1-3H3,(H,17,18). The Balaban J connectivity index is 2.29. The van der Waals surface area contributed by atoms with E-state index < -0.39 is 5.97 Å². The van der Waals surface area contributed by atoms with Gasteiger partial charge in [-0.1, -0.05) is 0 Å². The van der Waals surface area contributed by atoms with Gasteiger partial charge >= 0.3 is 5.97 Å². The van der Waals surface area contributed by atoms with Crippen LogP contribution in [0.2, 0.25) is 0 Å². The first-order valence-electron chi connectivity index (χ1n) is 6.02. The third-order valence-electron chi connectivity index (χ3n) is 2.62. The maximum atomic E-state index is 10.9. The molecule has 2 aromatic rings. The number of carboxylic acid groups (broad SMARTS) is 1. The summed E-state index contributed by atoms with van der Waals surface area (Å²) in [5, 5.41) is 12.9. The van der Waals surface area contributed by atoms with E-state index >= 15 is 0 Å². The normalized spacial score (nSPS) is 10.7. The van der Waals surface area contributed by atoms with Crippen molar-refractivity contribution in [2.24, 2.45) is 7.05 Å². The van der Waals surface area contributed by atoms with Crippen molar-refractivity contribution < 1.29 is 14.6 Å². The van der Waals surface area contributed by atoms with Crippen molar-refractivity contribution in [3.63, 3.8) is 0 Å². The second kappa shape index (κ2) is 5.14. The van der Waals surface area contributed by atoms with Gasteiger partial charge < -0.3 is 9.84 Å². The lowest BCUT2D eigenvalue weighted by atomic mass is 10.1. The first-order chi connectivity index (χ1) is 8.97. The van der Waals surface area contributed by atoms with E-state index in [-0.39, 0.29) is 11.8 Å². The summed E-state index contributed by atoms with van der Waals surface area (Å²) in [5.41, 5.74) is 1.70. The summed E-state index contributed by atoms with van der Waals surface area (Å²) in [7, 11) is 1.72. The summed E-state index contributed by atoms with van der Waals surface area (Å²) in [5.74, 6) is -0.235. The molecular formula is C14H16N2O3. The van der Waals surface area contributed by atoms with Crippen molar-refractivity contribution >= 4 is 5.97 Å². The van der Waals surface area contributed by atoms with Crippen LogP contribution in [-0.4, -0.2) is 27.0 Å². The van der Waals surface area contributed by atoms with Crippen molar-refractivity contribution in [2.75, 3.05) is 0 Å². The summed E-state index contributed by atoms with van der Waals surface area (Å²) in [6, 6.07) is 9.06. The molecule has 0 atom stereocenters. The number of hydrogen-bond acceptors (Lipinski definition) is 3. The highest BCUT2D eigenvalue weighted by atomic mass is 16.5. The molecule has 1 heterocycles. The minimum absolute atomic E-state index is 0.0417. The van der Waals surface area contributed by atoms with E-state index in [1.165, 1.54) is 0 Å². The van der Waals surface area contributed by atoms with Gasteiger partial charge in [0.1, 0.15) is 5.75 Å². The van der Waals surface area contributed by atoms with Crippen molar-refractivity contribution in [3.05, 3.63) is 36.0 Å². The molecule has 19 heavy (non-hydrogen) atoms. The zero-order valence-electron chi connectivity index (χ0n) is 11.1. The van der Waals surface area contributed by atoms with Crippen molar-refractivity contribution in [1.29, 1.82) is 0 Å². The monoisotopic (exact) mass is 260 g/mol. The second-order valence-corrected chi connectivity index (χ2v) is 4.53. The Bertz CT molecular complexity index is 585. The molecule has 0 saturated heterocycles. The number of aromatic nitrogens is 2. The molecule has 1 aromatic heterocycles. The molecule has 5 heteroatoms. The van der Waals surface area contributed by atoms with Gasteiger partial charge in [0.15, 0.2) is 5.69 Å². The molecule has 0 aliphatic rings. The van der Waals surface area contributed by atoms with Crippen LogP contribution in [0.15, 0.2) is 30.3 Å². The van der Waals surface area contributed by atoms with Crippen LogP contribution in [0.1, 0.15) is 24.3 Å². The van der Waals surface area contributed by atoms with E-state index in [2.05, 4.69) is 5.10 Å². The zero-order valence-corrected chi connectivity index (χ0v) is 11.1. The lowest BCUT2D eigenvalue weighted by Gasteiger charge is -2.10. The molecule has 0 radical (unpaired) electrons. The highest BCUT2D eigenvalue weighted by Crippen LogP contribution is 2.23. The molecule has 0 unspecified atom stereocenters. The molecular weight excluding hydrogens is 244 g/mol. The highest BCUT2D eigenvalue weighted by molar-refractivity contribution is 5.87. The van der Waals surface area contributed by atoms with Gasteiger partial charge in [-0.25, -0.2) is 4.79 Å². The summed E-state index contributed by atoms with van der Waals surface area (Å²) < 4.78 is 7.12. The largest absolute Gasteiger partial charge is 0.491 e. The zero-order chi connectivity index (χ0) is 14.0. The highest BCUT2D eigenvalue weighted by Gasteiger charge is 2.12. The van der Waals surface area contributed by atoms with Gasteiger partial charge in [-0.3, -0.25) is 4.68 Å². The van der Waals surface area contributed by atoms with Crippen molar-refractivity contribution in [1.82, 2.24) is 9.78 Å². The molecule has 5 nitrogen and oxygen atoms in total. The smallest absolute Gasteiger partial charge is 0.356 e. The molecule has 0 aliphatic carbocycles. The molecule has 100 valence electrons. The van der Waals surface area contributed by atoms with Crippen LogP contribution in [0, 0.1) is 0 Å². The maximum Gasteiger partial charge on any atom is 0.356 e. The molecule has 1 N–H and O–H groups in total. The van der Waals surface area contributed by atoms with Crippen molar-refractivity contribution in [3.8, 4) is 17.0 Å². The van der Waals surface area contributed by atoms with Crippen LogP contribution < -0.4 is 4.74 Å². The Morgan fingerprint density at radius 3 is 2.42 bits per heavy atom. The molecule has 0 saturated carbocycles. The van der Waals surface area contributed by atoms with Crippen LogP contribution in [0.5, 0.6) is 5.75 Å². The number of nitrogens with zero attached hydrogens (tertiary/aromatic N) is 2. The Labute approximate surface area is 111 Å². The number of ether oxygens (including phenoxy) is 1. The fourth-order valence-electron chi connectivity index (χ4n) is 1.82.